The molecule has 68 heavy (non-hydrogen) atoms. The molecule has 0 saturated carbocycles. The number of nitrogens with zero attached hydrogens (tertiary/aromatic N) is 2. The molecule has 0 fully saturated rings. The van der Waals surface area contributed by atoms with Crippen LogP contribution in [0.5, 0.6) is 0 Å². The van der Waals surface area contributed by atoms with Crippen LogP contribution in [0.3, 0.4) is 0 Å². The van der Waals surface area contributed by atoms with E-state index in [2.05, 4.69) is 280 Å². The first kappa shape index (κ1) is 41.2. The smallest absolute Gasteiger partial charge is 0.0503 e. The zero-order valence-electron chi connectivity index (χ0n) is 39.0. The highest BCUT2D eigenvalue weighted by molar-refractivity contribution is 5.91. The first-order valence-corrected chi connectivity index (χ1v) is 23.8. The van der Waals surface area contributed by atoms with Crippen molar-refractivity contribution in [3.05, 3.63) is 265 Å². The Morgan fingerprint density at radius 3 is 0.882 bits per heavy atom. The topological polar surface area (TPSA) is 6.48 Å². The van der Waals surface area contributed by atoms with Crippen LogP contribution in [-0.2, 0) is 10.8 Å². The Hall–Kier alpha value is -8.20. The van der Waals surface area contributed by atoms with Crippen LogP contribution in [-0.4, -0.2) is 0 Å². The summed E-state index contributed by atoms with van der Waals surface area (Å²) in [6, 6.07) is 89.3. The molecule has 2 heterocycles. The average Bonchev–Trinajstić information content (AvgIpc) is 3.40. The molecule has 326 valence electrons. The van der Waals surface area contributed by atoms with Crippen LogP contribution in [0.2, 0.25) is 0 Å². The Morgan fingerprint density at radius 2 is 0.500 bits per heavy atom. The summed E-state index contributed by atoms with van der Waals surface area (Å²) in [5.41, 5.74) is 24.1. The summed E-state index contributed by atoms with van der Waals surface area (Å²) in [5, 5.41) is 0. The molecule has 0 unspecified atom stereocenters. The molecule has 0 atom stereocenters. The van der Waals surface area contributed by atoms with E-state index in [1.54, 1.807) is 0 Å². The fraction of sp³-hybridized carbons (Fsp3) is 0.0909. The predicted octanol–water partition coefficient (Wildman–Crippen LogP) is 18.2. The summed E-state index contributed by atoms with van der Waals surface area (Å²) in [4.78, 5) is 4.92. The monoisotopic (exact) mass is 872 g/mol. The molecular weight excluding hydrogens is 821 g/mol. The van der Waals surface area contributed by atoms with Gasteiger partial charge in [0, 0.05) is 22.2 Å². The van der Waals surface area contributed by atoms with E-state index in [1.807, 2.05) is 0 Å². The van der Waals surface area contributed by atoms with E-state index in [1.165, 1.54) is 101 Å². The SMILES string of the molecule is CC1(C)c2ccccc2N(c2ccc(-c3cccc(-c4ccccc4)c3)cc2)c2ccc(-c3ccc4c(c3)C(C)(C)c3ccccc3N4c3ccc(-c4cccc(-c5ccccc5)c4)cc3)cc21. The van der Waals surface area contributed by atoms with Crippen LogP contribution in [0, 0.1) is 0 Å². The minimum Gasteiger partial charge on any atom is -0.310 e. The second-order valence-corrected chi connectivity index (χ2v) is 19.4. The molecule has 0 amide bonds. The second kappa shape index (κ2) is 16.3. The van der Waals surface area contributed by atoms with Gasteiger partial charge in [0.15, 0.2) is 0 Å². The molecule has 10 aromatic carbocycles. The highest BCUT2D eigenvalue weighted by atomic mass is 15.2. The molecule has 0 aliphatic carbocycles. The van der Waals surface area contributed by atoms with E-state index in [4.69, 9.17) is 0 Å². The van der Waals surface area contributed by atoms with Gasteiger partial charge >= 0.3 is 0 Å². The molecule has 0 bridgehead atoms. The maximum absolute atomic E-state index is 2.46. The van der Waals surface area contributed by atoms with Gasteiger partial charge in [-0.3, -0.25) is 0 Å². The third-order valence-corrected chi connectivity index (χ3v) is 14.6. The van der Waals surface area contributed by atoms with E-state index in [0.717, 1.165) is 11.4 Å². The summed E-state index contributed by atoms with van der Waals surface area (Å²) in [6.45, 7) is 9.52. The number of hydrogen-bond donors (Lipinski definition) is 0. The average molecular weight is 873 g/mol. The highest BCUT2D eigenvalue weighted by Crippen LogP contribution is 2.55. The fourth-order valence-corrected chi connectivity index (χ4v) is 10.9. The molecule has 0 saturated heterocycles. The number of rotatable bonds is 7. The maximum atomic E-state index is 2.46. The number of para-hydroxylation sites is 2. The Morgan fingerprint density at radius 1 is 0.221 bits per heavy atom. The van der Waals surface area contributed by atoms with Gasteiger partial charge in [-0.15, -0.1) is 0 Å². The predicted molar refractivity (Wildman–Crippen MR) is 287 cm³/mol. The Bertz CT molecular complexity index is 3260. The van der Waals surface area contributed by atoms with Crippen molar-refractivity contribution in [1.29, 1.82) is 0 Å². The number of hydrogen-bond acceptors (Lipinski definition) is 2. The minimum atomic E-state index is -0.228. The van der Waals surface area contributed by atoms with Gasteiger partial charge in [-0.1, -0.05) is 198 Å². The molecule has 2 aliphatic rings. The number of fused-ring (bicyclic) bond motifs is 4. The Labute approximate surface area is 401 Å². The van der Waals surface area contributed by atoms with Crippen molar-refractivity contribution in [2.45, 2.75) is 38.5 Å². The van der Waals surface area contributed by atoms with E-state index in [0.29, 0.717) is 0 Å². The van der Waals surface area contributed by atoms with Crippen molar-refractivity contribution in [1.82, 2.24) is 0 Å². The molecule has 0 radical (unpaired) electrons. The van der Waals surface area contributed by atoms with Gasteiger partial charge in [0.25, 0.3) is 0 Å². The lowest BCUT2D eigenvalue weighted by Crippen LogP contribution is -2.31. The van der Waals surface area contributed by atoms with Gasteiger partial charge in [-0.25, -0.2) is 0 Å². The lowest BCUT2D eigenvalue weighted by Gasteiger charge is -2.43. The van der Waals surface area contributed by atoms with Crippen LogP contribution < -0.4 is 9.80 Å². The first-order chi connectivity index (χ1) is 33.2. The molecule has 0 spiro atoms. The van der Waals surface area contributed by atoms with Crippen LogP contribution in [0.25, 0.3) is 55.6 Å². The van der Waals surface area contributed by atoms with Gasteiger partial charge in [-0.2, -0.15) is 0 Å². The normalized spacial score (nSPS) is 14.1. The third kappa shape index (κ3) is 6.95. The fourth-order valence-electron chi connectivity index (χ4n) is 10.9. The quantitative estimate of drug-likeness (QED) is 0.157. The summed E-state index contributed by atoms with van der Waals surface area (Å²) in [5.74, 6) is 0. The van der Waals surface area contributed by atoms with Crippen molar-refractivity contribution in [2.75, 3.05) is 9.80 Å². The van der Waals surface area contributed by atoms with Gasteiger partial charge in [0.1, 0.15) is 0 Å². The maximum Gasteiger partial charge on any atom is 0.0503 e. The molecule has 0 aromatic heterocycles. The molecule has 0 N–H and O–H groups in total. The molecular formula is C66H52N2. The number of anilines is 6. The Balaban J connectivity index is 0.905. The van der Waals surface area contributed by atoms with Gasteiger partial charge in [0.05, 0.1) is 22.7 Å². The van der Waals surface area contributed by atoms with Crippen molar-refractivity contribution < 1.29 is 0 Å². The van der Waals surface area contributed by atoms with Crippen molar-refractivity contribution in [3.8, 4) is 55.6 Å². The van der Waals surface area contributed by atoms with Gasteiger partial charge in [0.2, 0.25) is 0 Å². The van der Waals surface area contributed by atoms with Crippen LogP contribution >= 0.6 is 0 Å². The molecule has 2 nitrogen and oxygen atoms in total. The van der Waals surface area contributed by atoms with E-state index < -0.39 is 0 Å². The zero-order chi connectivity index (χ0) is 46.0. The molecule has 2 aliphatic heterocycles. The van der Waals surface area contributed by atoms with Crippen molar-refractivity contribution in [3.63, 3.8) is 0 Å². The van der Waals surface area contributed by atoms with Crippen molar-refractivity contribution in [2.24, 2.45) is 0 Å². The van der Waals surface area contributed by atoms with Gasteiger partial charge in [-0.05, 0) is 151 Å². The number of benzene rings is 10. The first-order valence-electron chi connectivity index (χ1n) is 23.8. The van der Waals surface area contributed by atoms with E-state index in [9.17, 15) is 0 Å². The minimum absolute atomic E-state index is 0.228. The second-order valence-electron chi connectivity index (χ2n) is 19.4. The van der Waals surface area contributed by atoms with Crippen molar-refractivity contribution >= 4 is 34.1 Å². The molecule has 2 heteroatoms. The van der Waals surface area contributed by atoms with Crippen LogP contribution in [0.1, 0.15) is 49.9 Å². The largest absolute Gasteiger partial charge is 0.310 e. The summed E-state index contributed by atoms with van der Waals surface area (Å²) in [6.07, 6.45) is 0. The summed E-state index contributed by atoms with van der Waals surface area (Å²) >= 11 is 0. The zero-order valence-corrected chi connectivity index (χ0v) is 39.0. The summed E-state index contributed by atoms with van der Waals surface area (Å²) < 4.78 is 0. The lowest BCUT2D eigenvalue weighted by atomic mass is 9.71. The van der Waals surface area contributed by atoms with Crippen LogP contribution in [0.15, 0.2) is 243 Å². The van der Waals surface area contributed by atoms with Gasteiger partial charge < -0.3 is 9.80 Å². The highest BCUT2D eigenvalue weighted by Gasteiger charge is 2.39. The lowest BCUT2D eigenvalue weighted by molar-refractivity contribution is 0.631. The Kier molecular flexibility index (Phi) is 9.88. The summed E-state index contributed by atoms with van der Waals surface area (Å²) in [7, 11) is 0. The van der Waals surface area contributed by atoms with Crippen LogP contribution in [0.4, 0.5) is 34.1 Å². The molecule has 12 rings (SSSR count). The standard InChI is InChI=1S/C66H52N2/c1-65(2)57-25-11-13-27-61(57)67(55-35-29-47(30-36-55)51-23-15-21-49(41-51)45-17-7-5-8-18-45)63-39-33-53(43-59(63)65)54-34-40-64-60(44-54)66(3,4)58-26-12-14-28-62(58)68(64)56-37-31-48(32-38-56)52-24-16-22-50(42-52)46-19-9-6-10-20-46/h5-44H,1-4H3. The third-order valence-electron chi connectivity index (χ3n) is 14.6. The van der Waals surface area contributed by atoms with E-state index >= 15 is 0 Å². The van der Waals surface area contributed by atoms with E-state index in [-0.39, 0.29) is 10.8 Å². The molecule has 10 aromatic rings.